The zero-order valence-electron chi connectivity index (χ0n) is 7.45. The molecule has 0 saturated carbocycles. The van der Waals surface area contributed by atoms with Crippen molar-refractivity contribution in [2.45, 2.75) is 12.8 Å². The first-order valence-electron chi connectivity index (χ1n) is 3.84. The summed E-state index contributed by atoms with van der Waals surface area (Å²) >= 11 is 5.61. The quantitative estimate of drug-likeness (QED) is 0.428. The lowest BCUT2D eigenvalue weighted by atomic mass is 10.0. The molecule has 5 heteroatoms. The van der Waals surface area contributed by atoms with Gasteiger partial charge in [-0.15, -0.1) is 11.6 Å². The number of nitrogens with zero attached hydrogens (tertiary/aromatic N) is 2. The van der Waals surface area contributed by atoms with E-state index in [0.717, 1.165) is 11.1 Å². The zero-order chi connectivity index (χ0) is 10.7. The van der Waals surface area contributed by atoms with Gasteiger partial charge in [0, 0.05) is 11.9 Å². The van der Waals surface area contributed by atoms with Crippen molar-refractivity contribution in [2.75, 3.05) is 0 Å². The Labute approximate surface area is 85.9 Å². The molecule has 0 saturated heterocycles. The van der Waals surface area contributed by atoms with Crippen molar-refractivity contribution in [2.24, 2.45) is 0 Å². The van der Waals surface area contributed by atoms with E-state index in [0.29, 0.717) is 0 Å². The topological polar surface area (TPSA) is 66.9 Å². The molecule has 1 rings (SSSR count). The SMILES string of the molecule is Cc1cc([N+](=O)[O-])c(C#N)cc1CCl. The van der Waals surface area contributed by atoms with Crippen LogP contribution in [0.5, 0.6) is 0 Å². The standard InChI is InChI=1S/C9H7ClN2O2/c1-6-2-9(12(13)14)8(5-11)3-7(6)4-10/h2-3H,4H2,1H3. The Morgan fingerprint density at radius 3 is 2.71 bits per heavy atom. The van der Waals surface area contributed by atoms with Gasteiger partial charge in [0.1, 0.15) is 11.6 Å². The average molecular weight is 211 g/mol. The molecule has 1 aromatic carbocycles. The minimum Gasteiger partial charge on any atom is -0.258 e. The number of nitro groups is 1. The Morgan fingerprint density at radius 1 is 1.64 bits per heavy atom. The smallest absolute Gasteiger partial charge is 0.258 e. The van der Waals surface area contributed by atoms with E-state index in [-0.39, 0.29) is 17.1 Å². The third-order valence-corrected chi connectivity index (χ3v) is 2.20. The van der Waals surface area contributed by atoms with E-state index in [1.165, 1.54) is 12.1 Å². The second kappa shape index (κ2) is 4.07. The molecule has 4 nitrogen and oxygen atoms in total. The molecule has 0 aromatic heterocycles. The number of rotatable bonds is 2. The molecule has 0 spiro atoms. The van der Waals surface area contributed by atoms with Crippen LogP contribution >= 0.6 is 11.6 Å². The molecule has 0 bridgehead atoms. The predicted molar refractivity (Wildman–Crippen MR) is 52.1 cm³/mol. The number of nitro benzene ring substituents is 1. The minimum absolute atomic E-state index is 0.0521. The van der Waals surface area contributed by atoms with Crippen molar-refractivity contribution in [1.82, 2.24) is 0 Å². The summed E-state index contributed by atoms with van der Waals surface area (Å²) in [7, 11) is 0. The molecule has 1 aromatic rings. The monoisotopic (exact) mass is 210 g/mol. The summed E-state index contributed by atoms with van der Waals surface area (Å²) in [6.45, 7) is 1.73. The van der Waals surface area contributed by atoms with Crippen LogP contribution in [0, 0.1) is 28.4 Å². The molecule has 14 heavy (non-hydrogen) atoms. The third-order valence-electron chi connectivity index (χ3n) is 1.92. The van der Waals surface area contributed by atoms with Crippen LogP contribution in [-0.2, 0) is 5.88 Å². The molecular weight excluding hydrogens is 204 g/mol. The van der Waals surface area contributed by atoms with Crippen LogP contribution in [0.25, 0.3) is 0 Å². The first-order valence-corrected chi connectivity index (χ1v) is 4.37. The first-order chi connectivity index (χ1) is 6.60. The molecule has 0 radical (unpaired) electrons. The number of aryl methyl sites for hydroxylation is 1. The number of halogens is 1. The fraction of sp³-hybridized carbons (Fsp3) is 0.222. The Balaban J connectivity index is 3.41. The molecule has 0 amide bonds. The molecule has 72 valence electrons. The number of alkyl halides is 1. The van der Waals surface area contributed by atoms with Gasteiger partial charge in [-0.05, 0) is 24.1 Å². The van der Waals surface area contributed by atoms with E-state index in [1.54, 1.807) is 13.0 Å². The summed E-state index contributed by atoms with van der Waals surface area (Å²) in [6.07, 6.45) is 0. The lowest BCUT2D eigenvalue weighted by molar-refractivity contribution is -0.385. The molecule has 0 N–H and O–H groups in total. The number of benzene rings is 1. The van der Waals surface area contributed by atoms with Gasteiger partial charge in [-0.3, -0.25) is 10.1 Å². The number of hydrogen-bond donors (Lipinski definition) is 0. The van der Waals surface area contributed by atoms with E-state index >= 15 is 0 Å². The fourth-order valence-corrected chi connectivity index (χ4v) is 1.41. The molecule has 0 fully saturated rings. The Morgan fingerprint density at radius 2 is 2.29 bits per heavy atom. The zero-order valence-corrected chi connectivity index (χ0v) is 8.21. The van der Waals surface area contributed by atoms with Crippen LogP contribution in [0.3, 0.4) is 0 Å². The van der Waals surface area contributed by atoms with E-state index < -0.39 is 4.92 Å². The highest BCUT2D eigenvalue weighted by Crippen LogP contribution is 2.23. The maximum atomic E-state index is 10.6. The van der Waals surface area contributed by atoms with Gasteiger partial charge in [-0.1, -0.05) is 0 Å². The summed E-state index contributed by atoms with van der Waals surface area (Å²) in [5, 5.41) is 19.2. The second-order valence-electron chi connectivity index (χ2n) is 2.80. The highest BCUT2D eigenvalue weighted by atomic mass is 35.5. The highest BCUT2D eigenvalue weighted by Gasteiger charge is 2.15. The molecule has 0 unspecified atom stereocenters. The van der Waals surface area contributed by atoms with Gasteiger partial charge >= 0.3 is 0 Å². The average Bonchev–Trinajstić information content (AvgIpc) is 2.17. The van der Waals surface area contributed by atoms with Gasteiger partial charge in [0.25, 0.3) is 5.69 Å². The largest absolute Gasteiger partial charge is 0.287 e. The Hall–Kier alpha value is -1.60. The lowest BCUT2D eigenvalue weighted by Gasteiger charge is -2.02. The van der Waals surface area contributed by atoms with Gasteiger partial charge in [0.15, 0.2) is 0 Å². The number of nitriles is 1. The van der Waals surface area contributed by atoms with Crippen LogP contribution in [-0.4, -0.2) is 4.92 Å². The molecule has 0 aliphatic rings. The minimum atomic E-state index is -0.566. The molecule has 0 aliphatic heterocycles. The van der Waals surface area contributed by atoms with Crippen molar-refractivity contribution < 1.29 is 4.92 Å². The van der Waals surface area contributed by atoms with Crippen LogP contribution < -0.4 is 0 Å². The van der Waals surface area contributed by atoms with Crippen LogP contribution in [0.4, 0.5) is 5.69 Å². The van der Waals surface area contributed by atoms with Crippen molar-refractivity contribution in [1.29, 1.82) is 5.26 Å². The number of hydrogen-bond acceptors (Lipinski definition) is 3. The maximum absolute atomic E-state index is 10.6. The maximum Gasteiger partial charge on any atom is 0.287 e. The molecule has 0 heterocycles. The Kier molecular flexibility index (Phi) is 3.05. The van der Waals surface area contributed by atoms with E-state index in [4.69, 9.17) is 16.9 Å². The summed E-state index contributed by atoms with van der Waals surface area (Å²) in [6, 6.07) is 4.61. The van der Waals surface area contributed by atoms with Crippen LogP contribution in [0.1, 0.15) is 16.7 Å². The summed E-state index contributed by atoms with van der Waals surface area (Å²) < 4.78 is 0. The van der Waals surface area contributed by atoms with Gasteiger partial charge < -0.3 is 0 Å². The van der Waals surface area contributed by atoms with Gasteiger partial charge in [-0.2, -0.15) is 5.26 Å². The fourth-order valence-electron chi connectivity index (χ4n) is 1.12. The first kappa shape index (κ1) is 10.5. The second-order valence-corrected chi connectivity index (χ2v) is 3.07. The van der Waals surface area contributed by atoms with Gasteiger partial charge in [-0.25, -0.2) is 0 Å². The van der Waals surface area contributed by atoms with Crippen molar-refractivity contribution in [3.63, 3.8) is 0 Å². The van der Waals surface area contributed by atoms with Crippen LogP contribution in [0.15, 0.2) is 12.1 Å². The molecule has 0 aliphatic carbocycles. The van der Waals surface area contributed by atoms with Crippen molar-refractivity contribution in [3.05, 3.63) is 38.9 Å². The van der Waals surface area contributed by atoms with E-state index in [1.807, 2.05) is 0 Å². The van der Waals surface area contributed by atoms with Crippen molar-refractivity contribution in [3.8, 4) is 6.07 Å². The van der Waals surface area contributed by atoms with Gasteiger partial charge in [0.2, 0.25) is 0 Å². The molecular formula is C9H7ClN2O2. The van der Waals surface area contributed by atoms with Crippen LogP contribution in [0.2, 0.25) is 0 Å². The van der Waals surface area contributed by atoms with Crippen molar-refractivity contribution >= 4 is 17.3 Å². The summed E-state index contributed by atoms with van der Waals surface area (Å²) in [5.41, 5.74) is 1.36. The van der Waals surface area contributed by atoms with Gasteiger partial charge in [0.05, 0.1) is 4.92 Å². The summed E-state index contributed by atoms with van der Waals surface area (Å²) in [5.74, 6) is 0.249. The van der Waals surface area contributed by atoms with E-state index in [9.17, 15) is 10.1 Å². The molecule has 0 atom stereocenters. The normalized spacial score (nSPS) is 9.50. The van der Waals surface area contributed by atoms with E-state index in [2.05, 4.69) is 0 Å². The predicted octanol–water partition coefficient (Wildman–Crippen LogP) is 2.51. The third kappa shape index (κ3) is 1.83. The lowest BCUT2D eigenvalue weighted by Crippen LogP contribution is -1.96. The Bertz CT molecular complexity index is 424. The summed E-state index contributed by atoms with van der Waals surface area (Å²) in [4.78, 5) is 9.99. The highest BCUT2D eigenvalue weighted by molar-refractivity contribution is 6.17.